The first-order valence-electron chi connectivity index (χ1n) is 9.37. The molecule has 1 atom stereocenters. The predicted octanol–water partition coefficient (Wildman–Crippen LogP) is 6.03. The van der Waals surface area contributed by atoms with E-state index in [-0.39, 0.29) is 17.1 Å². The molecule has 0 aliphatic carbocycles. The van der Waals surface area contributed by atoms with Crippen molar-refractivity contribution in [2.24, 2.45) is 0 Å². The number of hydrogen-bond donors (Lipinski definition) is 0. The summed E-state index contributed by atoms with van der Waals surface area (Å²) in [6, 6.07) is 21.9. The lowest BCUT2D eigenvalue weighted by Crippen LogP contribution is -2.29. The zero-order valence-corrected chi connectivity index (χ0v) is 18.4. The lowest BCUT2D eigenvalue weighted by molar-refractivity contribution is 0.0971. The predicted molar refractivity (Wildman–Crippen MR) is 124 cm³/mol. The molecule has 2 heterocycles. The number of benzene rings is 3. The molecule has 0 N–H and O–H groups in total. The van der Waals surface area contributed by atoms with Crippen molar-refractivity contribution in [3.63, 3.8) is 0 Å². The fourth-order valence-electron chi connectivity index (χ4n) is 3.91. The minimum atomic E-state index is -0.557. The third-order valence-electron chi connectivity index (χ3n) is 5.30. The summed E-state index contributed by atoms with van der Waals surface area (Å²) in [7, 11) is 0. The van der Waals surface area contributed by atoms with E-state index in [4.69, 9.17) is 4.42 Å². The third kappa shape index (κ3) is 2.99. The number of carbonyl (C=O) groups is 1. The largest absolute Gasteiger partial charge is 0.450 e. The van der Waals surface area contributed by atoms with Crippen LogP contribution in [0.25, 0.3) is 11.0 Å². The second kappa shape index (κ2) is 7.45. The number of nitrogens with zero attached hydrogens (tertiary/aromatic N) is 1. The number of para-hydroxylation sites is 1. The summed E-state index contributed by atoms with van der Waals surface area (Å²) in [5.41, 5.74) is 2.19. The van der Waals surface area contributed by atoms with Crippen LogP contribution in [0.5, 0.6) is 0 Å². The van der Waals surface area contributed by atoms with E-state index in [1.54, 1.807) is 40.9 Å². The van der Waals surface area contributed by atoms with Gasteiger partial charge in [0.05, 0.1) is 17.0 Å². The Hall–Kier alpha value is -2.83. The Bertz CT molecular complexity index is 1350. The molecule has 6 heteroatoms. The van der Waals surface area contributed by atoms with E-state index in [2.05, 4.69) is 15.9 Å². The third-order valence-corrected chi connectivity index (χ3v) is 6.53. The van der Waals surface area contributed by atoms with Crippen LogP contribution in [0.2, 0.25) is 0 Å². The molecule has 4 aromatic rings. The van der Waals surface area contributed by atoms with Crippen LogP contribution >= 0.6 is 27.7 Å². The van der Waals surface area contributed by atoms with Gasteiger partial charge in [-0.1, -0.05) is 46.3 Å². The van der Waals surface area contributed by atoms with Crippen LogP contribution < -0.4 is 10.3 Å². The Morgan fingerprint density at radius 2 is 1.73 bits per heavy atom. The van der Waals surface area contributed by atoms with Gasteiger partial charge in [-0.05, 0) is 54.3 Å². The molecular formula is C24H16BrNO3S. The van der Waals surface area contributed by atoms with Crippen molar-refractivity contribution in [2.75, 3.05) is 11.2 Å². The van der Waals surface area contributed by atoms with Crippen LogP contribution in [-0.4, -0.2) is 12.2 Å². The number of thioether (sulfide) groups is 1. The van der Waals surface area contributed by atoms with E-state index >= 15 is 0 Å². The van der Waals surface area contributed by atoms with Gasteiger partial charge in [-0.25, -0.2) is 0 Å². The van der Waals surface area contributed by atoms with Gasteiger partial charge >= 0.3 is 0 Å². The van der Waals surface area contributed by atoms with Crippen molar-refractivity contribution in [3.05, 3.63) is 104 Å². The van der Waals surface area contributed by atoms with Crippen LogP contribution in [0.1, 0.15) is 27.7 Å². The van der Waals surface area contributed by atoms with Gasteiger partial charge < -0.3 is 4.42 Å². The summed E-state index contributed by atoms with van der Waals surface area (Å²) < 4.78 is 6.82. The number of fused-ring (bicyclic) bond motifs is 2. The van der Waals surface area contributed by atoms with E-state index in [9.17, 15) is 9.59 Å². The molecule has 0 fully saturated rings. The van der Waals surface area contributed by atoms with E-state index < -0.39 is 6.04 Å². The van der Waals surface area contributed by atoms with E-state index in [0.717, 1.165) is 14.9 Å². The molecule has 1 aliphatic heterocycles. The molecule has 1 aliphatic rings. The molecule has 30 heavy (non-hydrogen) atoms. The standard InChI is InChI=1S/C24H16BrNO3S/c1-30-17-11-9-14(10-12-17)21-20-22(27)18-7-2-3-8-19(18)29-23(20)24(28)26(21)16-6-4-5-15(25)13-16/h2-13,21H,1H3/t21-/m1/s1. The summed E-state index contributed by atoms with van der Waals surface area (Å²) >= 11 is 5.13. The van der Waals surface area contributed by atoms with E-state index in [1.165, 1.54) is 0 Å². The summed E-state index contributed by atoms with van der Waals surface area (Å²) in [6.07, 6.45) is 2.01. The highest BCUT2D eigenvalue weighted by Crippen LogP contribution is 2.41. The first-order valence-corrected chi connectivity index (χ1v) is 11.4. The molecule has 3 aromatic carbocycles. The molecule has 0 saturated carbocycles. The van der Waals surface area contributed by atoms with Gasteiger partial charge in [0.15, 0.2) is 5.43 Å². The van der Waals surface area contributed by atoms with Gasteiger partial charge in [0.2, 0.25) is 5.76 Å². The SMILES string of the molecule is CSc1ccc([C@@H]2c3c(oc4ccccc4c3=O)C(=O)N2c2cccc(Br)c2)cc1. The number of carbonyl (C=O) groups excluding carboxylic acids is 1. The number of hydrogen-bond acceptors (Lipinski definition) is 4. The molecule has 0 bridgehead atoms. The average molecular weight is 478 g/mol. The monoisotopic (exact) mass is 477 g/mol. The highest BCUT2D eigenvalue weighted by atomic mass is 79.9. The van der Waals surface area contributed by atoms with Crippen molar-refractivity contribution in [1.29, 1.82) is 0 Å². The number of anilines is 1. The fraction of sp³-hybridized carbons (Fsp3) is 0.0833. The van der Waals surface area contributed by atoms with Crippen LogP contribution in [-0.2, 0) is 0 Å². The zero-order chi connectivity index (χ0) is 20.8. The first kappa shape index (κ1) is 19.2. The normalized spacial score (nSPS) is 15.6. The summed E-state index contributed by atoms with van der Waals surface area (Å²) in [6.45, 7) is 0. The quantitative estimate of drug-likeness (QED) is 0.338. The summed E-state index contributed by atoms with van der Waals surface area (Å²) in [5.74, 6) is -0.206. The number of amides is 1. The van der Waals surface area contributed by atoms with Crippen LogP contribution in [0.3, 0.4) is 0 Å². The van der Waals surface area contributed by atoms with Crippen molar-refractivity contribution < 1.29 is 9.21 Å². The molecule has 4 nitrogen and oxygen atoms in total. The molecule has 1 amide bonds. The Morgan fingerprint density at radius 3 is 2.47 bits per heavy atom. The zero-order valence-electron chi connectivity index (χ0n) is 16.0. The van der Waals surface area contributed by atoms with Gasteiger partial charge in [0.25, 0.3) is 5.91 Å². The Labute approximate surface area is 185 Å². The minimum Gasteiger partial charge on any atom is -0.450 e. The van der Waals surface area contributed by atoms with Gasteiger partial charge in [-0.15, -0.1) is 11.8 Å². The van der Waals surface area contributed by atoms with Gasteiger partial charge in [0, 0.05) is 15.1 Å². The molecule has 148 valence electrons. The fourth-order valence-corrected chi connectivity index (χ4v) is 4.71. The van der Waals surface area contributed by atoms with Crippen molar-refractivity contribution in [1.82, 2.24) is 0 Å². The van der Waals surface area contributed by atoms with Gasteiger partial charge in [-0.2, -0.15) is 0 Å². The minimum absolute atomic E-state index is 0.109. The molecular weight excluding hydrogens is 462 g/mol. The average Bonchev–Trinajstić information content (AvgIpc) is 3.06. The Kier molecular flexibility index (Phi) is 4.76. The lowest BCUT2D eigenvalue weighted by Gasteiger charge is -2.25. The van der Waals surface area contributed by atoms with Gasteiger partial charge in [0.1, 0.15) is 5.58 Å². The van der Waals surface area contributed by atoms with E-state index in [1.807, 2.05) is 54.8 Å². The van der Waals surface area contributed by atoms with Crippen molar-refractivity contribution in [2.45, 2.75) is 10.9 Å². The maximum Gasteiger partial charge on any atom is 0.295 e. The Balaban J connectivity index is 1.80. The molecule has 1 aromatic heterocycles. The summed E-state index contributed by atoms with van der Waals surface area (Å²) in [5, 5.41) is 0.478. The summed E-state index contributed by atoms with van der Waals surface area (Å²) in [4.78, 5) is 29.7. The van der Waals surface area contributed by atoms with Crippen LogP contribution in [0.4, 0.5) is 5.69 Å². The van der Waals surface area contributed by atoms with E-state index in [0.29, 0.717) is 22.2 Å². The highest BCUT2D eigenvalue weighted by molar-refractivity contribution is 9.10. The molecule has 0 radical (unpaired) electrons. The molecule has 5 rings (SSSR count). The van der Waals surface area contributed by atoms with Crippen LogP contribution in [0.15, 0.2) is 91.4 Å². The smallest absolute Gasteiger partial charge is 0.295 e. The van der Waals surface area contributed by atoms with Crippen molar-refractivity contribution >= 4 is 50.3 Å². The maximum absolute atomic E-state index is 13.5. The first-order chi connectivity index (χ1) is 14.6. The molecule has 0 unspecified atom stereocenters. The maximum atomic E-state index is 13.5. The Morgan fingerprint density at radius 1 is 0.967 bits per heavy atom. The highest BCUT2D eigenvalue weighted by Gasteiger charge is 2.43. The number of halogens is 1. The van der Waals surface area contributed by atoms with Crippen molar-refractivity contribution in [3.8, 4) is 0 Å². The molecule has 0 spiro atoms. The molecule has 0 saturated heterocycles. The number of rotatable bonds is 3. The van der Waals surface area contributed by atoms with Gasteiger partial charge in [-0.3, -0.25) is 14.5 Å². The lowest BCUT2D eigenvalue weighted by atomic mass is 9.98. The second-order valence-corrected chi connectivity index (χ2v) is 8.80. The second-order valence-electron chi connectivity index (χ2n) is 7.00. The topological polar surface area (TPSA) is 50.5 Å². The van der Waals surface area contributed by atoms with Crippen LogP contribution in [0, 0.1) is 0 Å².